The predicted octanol–water partition coefficient (Wildman–Crippen LogP) is 5.56. The number of hydrogen-bond acceptors (Lipinski definition) is 16. The number of hydrogen-bond donors (Lipinski definition) is 3. The second-order valence-corrected chi connectivity index (χ2v) is 17.9. The van der Waals surface area contributed by atoms with Gasteiger partial charge in [0, 0.05) is 59.6 Å². The van der Waals surface area contributed by atoms with Crippen LogP contribution in [-0.2, 0) is 37.5 Å². The number of carbonyl (C=O) groups excluding carboxylic acids is 3. The van der Waals surface area contributed by atoms with Crippen molar-refractivity contribution in [1.82, 2.24) is 15.5 Å². The average molecular weight is 887 g/mol. The van der Waals surface area contributed by atoms with Crippen molar-refractivity contribution in [2.45, 2.75) is 74.6 Å². The molecule has 11 rings (SSSR count). The molecule has 2 fully saturated rings. The number of nitrogens with zero attached hydrogens (tertiary/aromatic N) is 2. The molecule has 0 amide bonds. The summed E-state index contributed by atoms with van der Waals surface area (Å²) in [5, 5.41) is 29.8. The zero-order chi connectivity index (χ0) is 44.6. The maximum Gasteiger partial charge on any atom is 0.336 e. The van der Waals surface area contributed by atoms with Gasteiger partial charge in [-0.05, 0) is 72.7 Å². The fraction of sp³-hybridized carbons (Fsp3) is 0.375. The monoisotopic (exact) mass is 886 g/mol. The number of piperazine rings is 1. The molecule has 2 saturated heterocycles. The lowest BCUT2D eigenvalue weighted by Gasteiger charge is -2.59. The molecule has 0 aliphatic carbocycles. The van der Waals surface area contributed by atoms with Crippen molar-refractivity contribution in [2.24, 2.45) is 0 Å². The predicted molar refractivity (Wildman–Crippen MR) is 233 cm³/mol. The van der Waals surface area contributed by atoms with Crippen molar-refractivity contribution in [3.8, 4) is 46.3 Å². The Kier molecular flexibility index (Phi) is 10.5. The number of aryl methyl sites for hydroxylation is 1. The Balaban J connectivity index is 1.14. The van der Waals surface area contributed by atoms with Gasteiger partial charge in [0.1, 0.15) is 18.4 Å². The number of nitrogens with one attached hydrogen (secondary N) is 2. The van der Waals surface area contributed by atoms with Gasteiger partial charge in [0.25, 0.3) is 0 Å². The molecular weight excluding hydrogens is 841 g/mol. The number of nitriles is 1. The van der Waals surface area contributed by atoms with Crippen molar-refractivity contribution in [3.63, 3.8) is 0 Å². The Morgan fingerprint density at radius 3 is 2.53 bits per heavy atom. The number of thioether (sulfide) groups is 1. The van der Waals surface area contributed by atoms with Gasteiger partial charge in [-0.2, -0.15) is 5.26 Å². The molecule has 3 N–H and O–H groups in total. The van der Waals surface area contributed by atoms with Crippen LogP contribution in [0.15, 0.2) is 54.6 Å². The van der Waals surface area contributed by atoms with E-state index in [1.165, 1.54) is 39.0 Å². The second-order valence-electron chi connectivity index (χ2n) is 16.8. The van der Waals surface area contributed by atoms with Gasteiger partial charge in [-0.1, -0.05) is 36.4 Å². The molecular formula is C48H46N4O11S. The van der Waals surface area contributed by atoms with E-state index in [1.807, 2.05) is 50.2 Å². The molecule has 1 unspecified atom stereocenters. The highest BCUT2D eigenvalue weighted by atomic mass is 32.2. The SMILES string of the molecule is COc1cc2c(cc1OC(=O)C=Cc1ccccc1)CCN[C@]21CS[C@@H]2c3c(OC(C)=O)c(C)c4c(c3[C@H](COC1=O)N1C2[C@@H]2N[C@@H](Cc3cc(C)c(OC)c(O)c32)[C@@H]1C#N)OCO4. The van der Waals surface area contributed by atoms with E-state index in [4.69, 9.17) is 33.2 Å². The summed E-state index contributed by atoms with van der Waals surface area (Å²) in [5.74, 6) is 0.383. The maximum absolute atomic E-state index is 15.1. The van der Waals surface area contributed by atoms with Crippen LogP contribution in [0.2, 0.25) is 0 Å². The van der Waals surface area contributed by atoms with E-state index in [0.29, 0.717) is 70.2 Å². The lowest BCUT2D eigenvalue weighted by atomic mass is 9.72. The molecule has 16 heteroatoms. The van der Waals surface area contributed by atoms with Crippen LogP contribution < -0.4 is 39.1 Å². The molecule has 7 aliphatic heterocycles. The lowest BCUT2D eigenvalue weighted by Crippen LogP contribution is -2.69. The average Bonchev–Trinajstić information content (AvgIpc) is 3.78. The fourth-order valence-corrected chi connectivity index (χ4v) is 12.4. The minimum atomic E-state index is -1.44. The number of carbonyl (C=O) groups is 3. The molecule has 0 saturated carbocycles. The quantitative estimate of drug-likeness (QED) is 0.124. The Morgan fingerprint density at radius 1 is 0.984 bits per heavy atom. The van der Waals surface area contributed by atoms with Crippen molar-refractivity contribution in [2.75, 3.05) is 39.9 Å². The first-order valence-electron chi connectivity index (χ1n) is 21.1. The summed E-state index contributed by atoms with van der Waals surface area (Å²) in [7, 11) is 2.99. The number of methoxy groups -OCH3 is 2. The first kappa shape index (κ1) is 41.7. The number of ether oxygens (including phenoxy) is 7. The number of benzene rings is 4. The van der Waals surface area contributed by atoms with Crippen molar-refractivity contribution in [1.29, 1.82) is 5.26 Å². The Bertz CT molecular complexity index is 2700. The van der Waals surface area contributed by atoms with Gasteiger partial charge < -0.3 is 43.6 Å². The Morgan fingerprint density at radius 2 is 1.78 bits per heavy atom. The van der Waals surface area contributed by atoms with Crippen LogP contribution in [0.3, 0.4) is 0 Å². The van der Waals surface area contributed by atoms with Crippen LogP contribution >= 0.6 is 11.8 Å². The third kappa shape index (κ3) is 6.47. The highest BCUT2D eigenvalue weighted by molar-refractivity contribution is 7.99. The van der Waals surface area contributed by atoms with Crippen LogP contribution in [0.5, 0.6) is 40.2 Å². The zero-order valence-corrected chi connectivity index (χ0v) is 36.6. The normalized spacial score (nSPS) is 26.2. The summed E-state index contributed by atoms with van der Waals surface area (Å²) in [5.41, 5.74) is 4.91. The summed E-state index contributed by atoms with van der Waals surface area (Å²) in [6.07, 6.45) is 3.96. The molecule has 15 nitrogen and oxygen atoms in total. The third-order valence-electron chi connectivity index (χ3n) is 13.3. The van der Waals surface area contributed by atoms with Gasteiger partial charge in [0.15, 0.2) is 40.0 Å². The molecule has 0 radical (unpaired) electrons. The first-order valence-corrected chi connectivity index (χ1v) is 22.2. The van der Waals surface area contributed by atoms with Crippen molar-refractivity contribution < 1.29 is 52.6 Å². The van der Waals surface area contributed by atoms with E-state index >= 15 is 4.79 Å². The van der Waals surface area contributed by atoms with Crippen LogP contribution in [0.4, 0.5) is 0 Å². The molecule has 4 bridgehead atoms. The minimum absolute atomic E-state index is 0.00834. The number of esters is 3. The van der Waals surface area contributed by atoms with Gasteiger partial charge in [0.2, 0.25) is 6.79 Å². The van der Waals surface area contributed by atoms with Gasteiger partial charge in [0.05, 0.1) is 37.6 Å². The topological polar surface area (TPSA) is 187 Å². The lowest BCUT2D eigenvalue weighted by molar-refractivity contribution is -0.155. The number of aromatic hydroxyl groups is 1. The van der Waals surface area contributed by atoms with Gasteiger partial charge in [-0.3, -0.25) is 15.0 Å². The second kappa shape index (κ2) is 16.1. The summed E-state index contributed by atoms with van der Waals surface area (Å²) in [6.45, 7) is 5.13. The fourth-order valence-electron chi connectivity index (χ4n) is 10.7. The van der Waals surface area contributed by atoms with E-state index < -0.39 is 52.9 Å². The van der Waals surface area contributed by atoms with E-state index in [1.54, 1.807) is 18.2 Å². The molecule has 64 heavy (non-hydrogen) atoms. The molecule has 4 aromatic carbocycles. The van der Waals surface area contributed by atoms with Crippen LogP contribution in [-0.4, -0.2) is 86.0 Å². The molecule has 4 aromatic rings. The molecule has 1 spiro atoms. The van der Waals surface area contributed by atoms with E-state index in [9.17, 15) is 20.0 Å². The summed E-state index contributed by atoms with van der Waals surface area (Å²) in [4.78, 5) is 43.3. The van der Waals surface area contributed by atoms with Crippen LogP contribution in [0, 0.1) is 25.2 Å². The van der Waals surface area contributed by atoms with Gasteiger partial charge in [-0.15, -0.1) is 11.8 Å². The van der Waals surface area contributed by atoms with Crippen LogP contribution in [0.1, 0.15) is 74.3 Å². The number of phenols is 1. The van der Waals surface area contributed by atoms with Gasteiger partial charge in [-0.25, -0.2) is 9.59 Å². The molecule has 330 valence electrons. The molecule has 7 atom stereocenters. The van der Waals surface area contributed by atoms with E-state index in [0.717, 1.165) is 22.3 Å². The number of fused-ring (bicyclic) bond motifs is 9. The van der Waals surface area contributed by atoms with Crippen LogP contribution in [0.25, 0.3) is 6.08 Å². The van der Waals surface area contributed by atoms with E-state index in [2.05, 4.69) is 21.6 Å². The highest BCUT2D eigenvalue weighted by Crippen LogP contribution is 2.63. The standard InChI is InChI=1S/C48H46N4O11S/c1-23-15-28-16-30-31(19-49)52-32-20-59-47(56)48(29-18-33(57-4)34(17-27(29)13-14-50-48)63-35(54)12-11-26-9-7-6-8-10-26)21-64-46(40(52)39(51-30)36(28)41(55)42(23)58-5)38-37(32)45-44(60-22-61-45)24(2)43(38)62-25(3)53/h6-12,15,17-18,30-32,39-40,46,50-51,55H,13-14,16,20-22H2,1-5H3/t30-,31-,32-,39+,40?,46+,48+/m0/s1. The molecule has 7 aliphatic rings. The van der Waals surface area contributed by atoms with Crippen molar-refractivity contribution in [3.05, 3.63) is 105 Å². The zero-order valence-electron chi connectivity index (χ0n) is 35.8. The number of phenolic OH excluding ortho intramolecular Hbond substituents is 1. The van der Waals surface area contributed by atoms with Gasteiger partial charge >= 0.3 is 17.9 Å². The summed E-state index contributed by atoms with van der Waals surface area (Å²) >= 11 is 1.45. The Labute approximate surface area is 373 Å². The molecule has 0 aromatic heterocycles. The largest absolute Gasteiger partial charge is 0.504 e. The number of rotatable bonds is 6. The van der Waals surface area contributed by atoms with Crippen molar-refractivity contribution >= 4 is 35.7 Å². The summed E-state index contributed by atoms with van der Waals surface area (Å²) in [6, 6.07) is 14.4. The van der Waals surface area contributed by atoms with E-state index in [-0.39, 0.29) is 42.4 Å². The summed E-state index contributed by atoms with van der Waals surface area (Å²) < 4.78 is 42.3. The highest BCUT2D eigenvalue weighted by Gasteiger charge is 2.60. The minimum Gasteiger partial charge on any atom is -0.504 e. The smallest absolute Gasteiger partial charge is 0.336 e. The maximum atomic E-state index is 15.1. The first-order chi connectivity index (χ1) is 31.0. The third-order valence-corrected chi connectivity index (χ3v) is 14.8. The Hall–Kier alpha value is -6.25. The molecule has 7 heterocycles.